The van der Waals surface area contributed by atoms with E-state index in [-0.39, 0.29) is 23.9 Å². The zero-order chi connectivity index (χ0) is 13.9. The fraction of sp³-hybridized carbons (Fsp3) is 0.615. The smallest absolute Gasteiger partial charge is 0.268 e. The van der Waals surface area contributed by atoms with Gasteiger partial charge in [-0.05, 0) is 25.5 Å². The molecule has 1 saturated heterocycles. The summed E-state index contributed by atoms with van der Waals surface area (Å²) in [6, 6.07) is 1.67. The third-order valence-corrected chi connectivity index (χ3v) is 3.75. The monoisotopic (exact) mass is 321 g/mol. The van der Waals surface area contributed by atoms with E-state index in [1.165, 1.54) is 0 Å². The van der Waals surface area contributed by atoms with Gasteiger partial charge in [0.2, 0.25) is 0 Å². The van der Waals surface area contributed by atoms with Crippen molar-refractivity contribution in [2.45, 2.75) is 18.4 Å². The summed E-state index contributed by atoms with van der Waals surface area (Å²) in [5.41, 5.74) is 0.426. The standard InChI is InChI=1S/C13H20ClN3O2.ClH/c1-17-7-10(14)6-11(17)12(18)15-8-13(9-19-2)4-3-5-16-13;/h6-7,16H,3-5,8-9H2,1-2H3,(H,15,18);1H. The maximum absolute atomic E-state index is 12.1. The molecule has 1 atom stereocenters. The fourth-order valence-corrected chi connectivity index (χ4v) is 2.81. The van der Waals surface area contributed by atoms with Crippen LogP contribution < -0.4 is 10.6 Å². The Morgan fingerprint density at radius 1 is 1.65 bits per heavy atom. The Hall–Kier alpha value is -0.750. The van der Waals surface area contributed by atoms with Gasteiger partial charge in [0, 0.05) is 26.9 Å². The van der Waals surface area contributed by atoms with Crippen LogP contribution in [0.3, 0.4) is 0 Å². The summed E-state index contributed by atoms with van der Waals surface area (Å²) in [4.78, 5) is 12.1. The number of ether oxygens (including phenoxy) is 1. The van der Waals surface area contributed by atoms with Gasteiger partial charge in [-0.3, -0.25) is 4.79 Å². The summed E-state index contributed by atoms with van der Waals surface area (Å²) in [6.07, 6.45) is 3.83. The Bertz CT molecular complexity index is 456. The molecule has 2 rings (SSSR count). The van der Waals surface area contributed by atoms with Gasteiger partial charge in [0.05, 0.1) is 17.2 Å². The maximum atomic E-state index is 12.1. The number of nitrogens with zero attached hydrogens (tertiary/aromatic N) is 1. The second-order valence-electron chi connectivity index (χ2n) is 5.08. The molecule has 0 spiro atoms. The minimum absolute atomic E-state index is 0. The quantitative estimate of drug-likeness (QED) is 0.866. The molecule has 114 valence electrons. The lowest BCUT2D eigenvalue weighted by Gasteiger charge is -2.28. The van der Waals surface area contributed by atoms with Crippen LogP contribution in [0.15, 0.2) is 12.3 Å². The molecule has 0 aromatic carbocycles. The van der Waals surface area contributed by atoms with Gasteiger partial charge < -0.3 is 19.9 Å². The van der Waals surface area contributed by atoms with Crippen molar-refractivity contribution in [3.05, 3.63) is 23.0 Å². The van der Waals surface area contributed by atoms with E-state index >= 15 is 0 Å². The van der Waals surface area contributed by atoms with Crippen LogP contribution in [0.1, 0.15) is 23.3 Å². The second kappa shape index (κ2) is 7.31. The SMILES string of the molecule is COCC1(CNC(=O)c2cc(Cl)cn2C)CCCN1.Cl. The van der Waals surface area contributed by atoms with E-state index in [1.807, 2.05) is 0 Å². The summed E-state index contributed by atoms with van der Waals surface area (Å²) in [5, 5.41) is 6.95. The first-order chi connectivity index (χ1) is 9.06. The zero-order valence-electron chi connectivity index (χ0n) is 11.7. The number of amides is 1. The van der Waals surface area contributed by atoms with Gasteiger partial charge in [-0.1, -0.05) is 11.6 Å². The van der Waals surface area contributed by atoms with Crippen molar-refractivity contribution in [1.29, 1.82) is 0 Å². The molecule has 20 heavy (non-hydrogen) atoms. The number of methoxy groups -OCH3 is 1. The average Bonchev–Trinajstić information content (AvgIpc) is 2.94. The van der Waals surface area contributed by atoms with Crippen molar-refractivity contribution in [3.8, 4) is 0 Å². The van der Waals surface area contributed by atoms with Crippen molar-refractivity contribution in [1.82, 2.24) is 15.2 Å². The summed E-state index contributed by atoms with van der Waals surface area (Å²) in [6.45, 7) is 2.12. The van der Waals surface area contributed by atoms with E-state index in [0.29, 0.717) is 23.9 Å². The van der Waals surface area contributed by atoms with E-state index in [2.05, 4.69) is 10.6 Å². The number of aryl methyl sites for hydroxylation is 1. The van der Waals surface area contributed by atoms with Crippen molar-refractivity contribution in [2.24, 2.45) is 7.05 Å². The van der Waals surface area contributed by atoms with Crippen molar-refractivity contribution in [3.63, 3.8) is 0 Å². The molecule has 1 aromatic rings. The maximum Gasteiger partial charge on any atom is 0.268 e. The molecule has 1 amide bonds. The minimum atomic E-state index is -0.140. The highest BCUT2D eigenvalue weighted by Crippen LogP contribution is 2.19. The first kappa shape index (κ1) is 17.3. The van der Waals surface area contributed by atoms with Crippen molar-refractivity contribution < 1.29 is 9.53 Å². The topological polar surface area (TPSA) is 55.3 Å². The average molecular weight is 322 g/mol. The van der Waals surface area contributed by atoms with Crippen molar-refractivity contribution >= 4 is 29.9 Å². The third-order valence-electron chi connectivity index (χ3n) is 3.54. The molecule has 2 N–H and O–H groups in total. The fourth-order valence-electron chi connectivity index (χ4n) is 2.56. The third kappa shape index (κ3) is 3.88. The van der Waals surface area contributed by atoms with Gasteiger partial charge in [-0.2, -0.15) is 0 Å². The van der Waals surface area contributed by atoms with Gasteiger partial charge in [-0.15, -0.1) is 12.4 Å². The number of halogens is 2. The van der Waals surface area contributed by atoms with E-state index in [9.17, 15) is 4.79 Å². The van der Waals surface area contributed by atoms with Crippen LogP contribution in [0.5, 0.6) is 0 Å². The van der Waals surface area contributed by atoms with E-state index < -0.39 is 0 Å². The number of hydrogen-bond acceptors (Lipinski definition) is 3. The van der Waals surface area contributed by atoms with E-state index in [4.69, 9.17) is 16.3 Å². The normalized spacial score (nSPS) is 21.6. The molecule has 1 fully saturated rings. The summed E-state index contributed by atoms with van der Waals surface area (Å²) < 4.78 is 6.98. The molecule has 1 aliphatic rings. The number of carbonyl (C=O) groups is 1. The lowest BCUT2D eigenvalue weighted by molar-refractivity contribution is 0.0885. The number of hydrogen-bond donors (Lipinski definition) is 2. The molecule has 5 nitrogen and oxygen atoms in total. The Kier molecular flexibility index (Phi) is 6.33. The minimum Gasteiger partial charge on any atom is -0.383 e. The molecular weight excluding hydrogens is 301 g/mol. The predicted molar refractivity (Wildman–Crippen MR) is 81.8 cm³/mol. The highest BCUT2D eigenvalue weighted by Gasteiger charge is 2.34. The van der Waals surface area contributed by atoms with Crippen LogP contribution >= 0.6 is 24.0 Å². The van der Waals surface area contributed by atoms with Crippen molar-refractivity contribution in [2.75, 3.05) is 26.8 Å². The summed E-state index contributed by atoms with van der Waals surface area (Å²) >= 11 is 5.88. The highest BCUT2D eigenvalue weighted by molar-refractivity contribution is 6.31. The first-order valence-electron chi connectivity index (χ1n) is 6.40. The van der Waals surface area contributed by atoms with Crippen LogP contribution in [-0.2, 0) is 11.8 Å². The number of carbonyl (C=O) groups excluding carboxylic acids is 1. The molecule has 7 heteroatoms. The molecule has 0 saturated carbocycles. The van der Waals surface area contributed by atoms with Gasteiger partial charge in [-0.25, -0.2) is 0 Å². The Balaban J connectivity index is 0.00000200. The first-order valence-corrected chi connectivity index (χ1v) is 6.78. The largest absolute Gasteiger partial charge is 0.383 e. The van der Waals surface area contributed by atoms with E-state index in [1.54, 1.807) is 31.0 Å². The second-order valence-corrected chi connectivity index (χ2v) is 5.52. The zero-order valence-corrected chi connectivity index (χ0v) is 13.3. The van der Waals surface area contributed by atoms with Gasteiger partial charge in [0.15, 0.2) is 0 Å². The molecule has 0 bridgehead atoms. The summed E-state index contributed by atoms with van der Waals surface area (Å²) in [7, 11) is 3.49. The van der Waals surface area contributed by atoms with Gasteiger partial charge >= 0.3 is 0 Å². The molecule has 1 aromatic heterocycles. The van der Waals surface area contributed by atoms with Crippen LogP contribution in [0, 0.1) is 0 Å². The molecule has 2 heterocycles. The molecule has 1 unspecified atom stereocenters. The number of aromatic nitrogens is 1. The van der Waals surface area contributed by atoms with Gasteiger partial charge in [0.1, 0.15) is 5.69 Å². The van der Waals surface area contributed by atoms with Crippen LogP contribution in [0.4, 0.5) is 0 Å². The Labute approximate surface area is 130 Å². The van der Waals surface area contributed by atoms with Crippen LogP contribution in [0.25, 0.3) is 0 Å². The molecule has 0 aliphatic carbocycles. The number of rotatable bonds is 5. The summed E-state index contributed by atoms with van der Waals surface area (Å²) in [5.74, 6) is -0.112. The molecular formula is C13H21Cl2N3O2. The Morgan fingerprint density at radius 2 is 2.40 bits per heavy atom. The molecule has 0 radical (unpaired) electrons. The lowest BCUT2D eigenvalue weighted by atomic mass is 9.98. The number of nitrogens with one attached hydrogen (secondary N) is 2. The van der Waals surface area contributed by atoms with Crippen LogP contribution in [-0.4, -0.2) is 42.8 Å². The lowest BCUT2D eigenvalue weighted by Crippen LogP contribution is -2.53. The molecule has 1 aliphatic heterocycles. The van der Waals surface area contributed by atoms with Gasteiger partial charge in [0.25, 0.3) is 5.91 Å². The van der Waals surface area contributed by atoms with Crippen LogP contribution in [0.2, 0.25) is 5.02 Å². The highest BCUT2D eigenvalue weighted by atomic mass is 35.5. The Morgan fingerprint density at radius 3 is 2.90 bits per heavy atom. The van der Waals surface area contributed by atoms with E-state index in [0.717, 1.165) is 19.4 Å². The predicted octanol–water partition coefficient (Wildman–Crippen LogP) is 1.60.